The summed E-state index contributed by atoms with van der Waals surface area (Å²) in [5, 5.41) is 8.38. The molecule has 1 fully saturated rings. The van der Waals surface area contributed by atoms with E-state index in [2.05, 4.69) is 0 Å². The number of benzene rings is 1. The highest BCUT2D eigenvalue weighted by Crippen LogP contribution is 2.30. The number of carbonyl (C=O) groups is 1. The molecule has 0 saturated heterocycles. The molecule has 1 aliphatic carbocycles. The van der Waals surface area contributed by atoms with E-state index in [0.29, 0.717) is 25.7 Å². The summed E-state index contributed by atoms with van der Waals surface area (Å²) in [6, 6.07) is 6.21. The van der Waals surface area contributed by atoms with E-state index in [9.17, 15) is 17.4 Å². The van der Waals surface area contributed by atoms with Gasteiger partial charge >= 0.3 is 5.97 Å². The van der Waals surface area contributed by atoms with Crippen LogP contribution in [-0.2, 0) is 20.6 Å². The first-order valence-electron chi connectivity index (χ1n) is 6.72. The van der Waals surface area contributed by atoms with Gasteiger partial charge in [0.05, 0.1) is 26.5 Å². The van der Waals surface area contributed by atoms with Gasteiger partial charge in [-0.15, -0.1) is 0 Å². The van der Waals surface area contributed by atoms with Gasteiger partial charge < -0.3 is 5.11 Å². The van der Waals surface area contributed by atoms with Gasteiger partial charge in [-0.05, 0) is 31.4 Å². The fraction of sp³-hybridized carbons (Fsp3) is 0.500. The number of hydrogen-bond acceptors (Lipinski definition) is 4. The molecule has 1 aliphatic rings. The van der Waals surface area contributed by atoms with Gasteiger partial charge in [0.2, 0.25) is 0 Å². The van der Waals surface area contributed by atoms with Crippen molar-refractivity contribution in [3.63, 3.8) is 0 Å². The van der Waals surface area contributed by atoms with Crippen LogP contribution in [0.15, 0.2) is 29.2 Å². The van der Waals surface area contributed by atoms with E-state index in [0.717, 1.165) is 0 Å². The Bertz CT molecular complexity index is 666. The number of hydrogen-bond donors (Lipinski definition) is 1. The number of aromatic carboxylic acids is 1. The molecule has 21 heavy (non-hydrogen) atoms. The maximum absolute atomic E-state index is 12.7. The van der Waals surface area contributed by atoms with Gasteiger partial charge in [-0.1, -0.05) is 18.6 Å². The number of carboxylic acid groups (broad SMARTS) is 1. The molecule has 1 saturated carbocycles. The zero-order chi connectivity index (χ0) is 15.6. The summed E-state index contributed by atoms with van der Waals surface area (Å²) in [4.78, 5) is 11.5. The van der Waals surface area contributed by atoms with Crippen LogP contribution in [0.3, 0.4) is 0 Å². The summed E-state index contributed by atoms with van der Waals surface area (Å²) in [6.07, 6.45) is 3.48. The SMILES string of the molecule is CS(=O)(=O)C1CCCC(S(=O)c2ccccc2C(=O)O)C1. The highest BCUT2D eigenvalue weighted by atomic mass is 32.2. The van der Waals surface area contributed by atoms with Crippen LogP contribution in [-0.4, -0.2) is 40.5 Å². The Balaban J connectivity index is 2.26. The normalized spacial score (nSPS) is 24.4. The van der Waals surface area contributed by atoms with Crippen molar-refractivity contribution in [2.24, 2.45) is 0 Å². The lowest BCUT2D eigenvalue weighted by Gasteiger charge is -2.27. The third-order valence-electron chi connectivity index (χ3n) is 3.82. The third kappa shape index (κ3) is 3.71. The van der Waals surface area contributed by atoms with E-state index in [-0.39, 0.29) is 15.7 Å². The molecule has 0 radical (unpaired) electrons. The molecular formula is C14H18O5S2. The molecule has 2 rings (SSSR count). The fourth-order valence-electron chi connectivity index (χ4n) is 2.68. The zero-order valence-electron chi connectivity index (χ0n) is 11.7. The lowest BCUT2D eigenvalue weighted by molar-refractivity contribution is 0.0693. The molecule has 0 amide bonds. The average Bonchev–Trinajstić information content (AvgIpc) is 2.45. The Labute approximate surface area is 126 Å². The fourth-order valence-corrected chi connectivity index (χ4v) is 5.71. The molecular weight excluding hydrogens is 312 g/mol. The summed E-state index contributed by atoms with van der Waals surface area (Å²) in [5.41, 5.74) is 0.0253. The highest BCUT2D eigenvalue weighted by Gasteiger charge is 2.33. The smallest absolute Gasteiger partial charge is 0.336 e. The second-order valence-electron chi connectivity index (χ2n) is 5.34. The third-order valence-corrected chi connectivity index (χ3v) is 7.28. The van der Waals surface area contributed by atoms with E-state index in [4.69, 9.17) is 5.11 Å². The largest absolute Gasteiger partial charge is 0.478 e. The minimum absolute atomic E-state index is 0.0253. The van der Waals surface area contributed by atoms with Crippen LogP contribution < -0.4 is 0 Å². The summed E-state index contributed by atoms with van der Waals surface area (Å²) < 4.78 is 36.0. The lowest BCUT2D eigenvalue weighted by atomic mass is 10.00. The monoisotopic (exact) mass is 330 g/mol. The molecule has 0 bridgehead atoms. The topological polar surface area (TPSA) is 88.5 Å². The molecule has 5 nitrogen and oxygen atoms in total. The molecule has 116 valence electrons. The van der Waals surface area contributed by atoms with Crippen LogP contribution >= 0.6 is 0 Å². The van der Waals surface area contributed by atoms with E-state index < -0.39 is 31.9 Å². The number of carboxylic acids is 1. The highest BCUT2D eigenvalue weighted by molar-refractivity contribution is 7.91. The lowest BCUT2D eigenvalue weighted by Crippen LogP contribution is -2.32. The summed E-state index contributed by atoms with van der Waals surface area (Å²) in [5.74, 6) is -1.12. The summed E-state index contributed by atoms with van der Waals surface area (Å²) in [6.45, 7) is 0. The van der Waals surface area contributed by atoms with Gasteiger partial charge in [0, 0.05) is 11.5 Å². The first-order chi connectivity index (χ1) is 9.80. The van der Waals surface area contributed by atoms with Gasteiger partial charge in [0.1, 0.15) is 9.84 Å². The Morgan fingerprint density at radius 1 is 1.29 bits per heavy atom. The number of sulfone groups is 1. The number of rotatable bonds is 4. The second kappa shape index (κ2) is 6.27. The quantitative estimate of drug-likeness (QED) is 0.910. The molecule has 1 N–H and O–H groups in total. The van der Waals surface area contributed by atoms with Crippen molar-refractivity contribution in [2.45, 2.75) is 41.1 Å². The van der Waals surface area contributed by atoms with Gasteiger partial charge in [-0.25, -0.2) is 13.2 Å². The maximum Gasteiger partial charge on any atom is 0.336 e. The minimum atomic E-state index is -3.15. The van der Waals surface area contributed by atoms with E-state index in [1.807, 2.05) is 0 Å². The Morgan fingerprint density at radius 2 is 1.95 bits per heavy atom. The van der Waals surface area contributed by atoms with Crippen molar-refractivity contribution in [3.8, 4) is 0 Å². The van der Waals surface area contributed by atoms with Gasteiger partial charge in [0.15, 0.2) is 0 Å². The van der Waals surface area contributed by atoms with Crippen molar-refractivity contribution in [1.29, 1.82) is 0 Å². The first kappa shape index (κ1) is 16.2. The zero-order valence-corrected chi connectivity index (χ0v) is 13.3. The van der Waals surface area contributed by atoms with Crippen LogP contribution in [0.1, 0.15) is 36.0 Å². The predicted octanol–water partition coefficient (Wildman–Crippen LogP) is 1.85. The van der Waals surface area contributed by atoms with E-state index in [1.54, 1.807) is 18.2 Å². The van der Waals surface area contributed by atoms with Crippen molar-refractivity contribution in [2.75, 3.05) is 6.26 Å². The van der Waals surface area contributed by atoms with Crippen LogP contribution in [0.2, 0.25) is 0 Å². The summed E-state index contributed by atoms with van der Waals surface area (Å²) in [7, 11) is -4.65. The molecule has 1 aromatic rings. The van der Waals surface area contributed by atoms with Crippen LogP contribution in [0.25, 0.3) is 0 Å². The van der Waals surface area contributed by atoms with Crippen molar-refractivity contribution < 1.29 is 22.5 Å². The van der Waals surface area contributed by atoms with Crippen molar-refractivity contribution in [3.05, 3.63) is 29.8 Å². The van der Waals surface area contributed by atoms with E-state index in [1.165, 1.54) is 12.3 Å². The van der Waals surface area contributed by atoms with Crippen LogP contribution in [0.5, 0.6) is 0 Å². The second-order valence-corrected chi connectivity index (χ2v) is 9.37. The Morgan fingerprint density at radius 3 is 2.57 bits per heavy atom. The van der Waals surface area contributed by atoms with E-state index >= 15 is 0 Å². The molecule has 0 spiro atoms. The average molecular weight is 330 g/mol. The molecule has 7 heteroatoms. The Hall–Kier alpha value is -1.21. The molecule has 0 aromatic heterocycles. The van der Waals surface area contributed by atoms with Crippen molar-refractivity contribution in [1.82, 2.24) is 0 Å². The molecule has 0 aliphatic heterocycles. The molecule has 1 aromatic carbocycles. The van der Waals surface area contributed by atoms with Crippen LogP contribution in [0, 0.1) is 0 Å². The van der Waals surface area contributed by atoms with Gasteiger partial charge in [-0.2, -0.15) is 0 Å². The van der Waals surface area contributed by atoms with Crippen LogP contribution in [0.4, 0.5) is 0 Å². The Kier molecular flexibility index (Phi) is 4.83. The van der Waals surface area contributed by atoms with Gasteiger partial charge in [-0.3, -0.25) is 4.21 Å². The summed E-state index contributed by atoms with van der Waals surface area (Å²) >= 11 is 0. The van der Waals surface area contributed by atoms with Gasteiger partial charge in [0.25, 0.3) is 0 Å². The molecule has 3 unspecified atom stereocenters. The minimum Gasteiger partial charge on any atom is -0.478 e. The molecule has 3 atom stereocenters. The van der Waals surface area contributed by atoms with Crippen molar-refractivity contribution >= 4 is 26.6 Å². The standard InChI is InChI=1S/C14H18O5S2/c1-21(18,19)11-6-4-5-10(9-11)20(17)13-8-3-2-7-12(13)14(15)16/h2-3,7-8,10-11H,4-6,9H2,1H3,(H,15,16). The maximum atomic E-state index is 12.7. The first-order valence-corrected chi connectivity index (χ1v) is 9.89. The molecule has 0 heterocycles. The predicted molar refractivity (Wildman–Crippen MR) is 80.7 cm³/mol.